The first kappa shape index (κ1) is 85.6. The summed E-state index contributed by atoms with van der Waals surface area (Å²) in [4.78, 5) is 112. The number of hydrogen-bond donors (Lipinski definition) is 3. The number of aromatic nitrogens is 3. The minimum Gasteiger partial charge on any atom is -0.450 e. The van der Waals surface area contributed by atoms with Gasteiger partial charge in [-0.3, -0.25) is 44.5 Å². The van der Waals surface area contributed by atoms with Crippen molar-refractivity contribution in [3.63, 3.8) is 0 Å². The molecule has 0 atom stereocenters. The van der Waals surface area contributed by atoms with E-state index in [0.29, 0.717) is 80.7 Å². The Hall–Kier alpha value is -8.78. The fourth-order valence-corrected chi connectivity index (χ4v) is 16.1. The number of ether oxygens (including phenoxy) is 2. The summed E-state index contributed by atoms with van der Waals surface area (Å²) < 4.78 is 10.2. The molecule has 6 fully saturated rings. The number of anilines is 3. The molecule has 3 aromatic heterocycles. The maximum absolute atomic E-state index is 13.3. The summed E-state index contributed by atoms with van der Waals surface area (Å²) in [7, 11) is 3.15. The van der Waals surface area contributed by atoms with E-state index >= 15 is 0 Å². The smallest absolute Gasteiger partial charge is 0.413 e. The Morgan fingerprint density at radius 2 is 0.777 bits per heavy atom. The van der Waals surface area contributed by atoms with Crippen LogP contribution >= 0.6 is 34.8 Å². The van der Waals surface area contributed by atoms with E-state index in [2.05, 4.69) is 60.4 Å². The fraction of sp³-hybridized carbons (Fsp3) is 0.518. The van der Waals surface area contributed by atoms with Gasteiger partial charge in [0.1, 0.15) is 37.3 Å². The molecule has 27 heteroatoms. The van der Waals surface area contributed by atoms with Crippen molar-refractivity contribution in [2.75, 3.05) is 116 Å². The zero-order valence-corrected chi connectivity index (χ0v) is 68.0. The molecule has 9 heterocycles. The lowest BCUT2D eigenvalue weighted by Gasteiger charge is -2.37. The summed E-state index contributed by atoms with van der Waals surface area (Å²) >= 11 is 18.0. The van der Waals surface area contributed by atoms with Crippen LogP contribution in [0.3, 0.4) is 0 Å². The molecule has 4 N–H and O–H groups in total. The van der Waals surface area contributed by atoms with Gasteiger partial charge in [0.25, 0.3) is 0 Å². The van der Waals surface area contributed by atoms with Gasteiger partial charge in [0.15, 0.2) is 5.78 Å². The summed E-state index contributed by atoms with van der Waals surface area (Å²) in [6.07, 6.45) is 17.2. The number of hydrogen-bond acceptors (Lipinski definition) is 19. The quantitative estimate of drug-likeness (QED) is 0.0305. The van der Waals surface area contributed by atoms with E-state index in [1.54, 1.807) is 64.0 Å². The molecule has 0 aliphatic carbocycles. The lowest BCUT2D eigenvalue weighted by molar-refractivity contribution is -0.139. The van der Waals surface area contributed by atoms with Crippen molar-refractivity contribution in [3.8, 4) is 0 Å². The molecule has 5 amide bonds. The van der Waals surface area contributed by atoms with Crippen LogP contribution in [0.4, 0.5) is 27.0 Å². The molecule has 602 valence electrons. The highest BCUT2D eigenvalue weighted by molar-refractivity contribution is 6.31. The highest BCUT2D eigenvalue weighted by Gasteiger charge is 2.36. The van der Waals surface area contributed by atoms with Crippen molar-refractivity contribution in [3.05, 3.63) is 176 Å². The molecule has 0 bridgehead atoms. The first-order valence-electron chi connectivity index (χ1n) is 39.6. The molecule has 6 aliphatic rings. The van der Waals surface area contributed by atoms with Gasteiger partial charge in [-0.15, -0.1) is 0 Å². The average molecular weight is 1600 g/mol. The van der Waals surface area contributed by atoms with E-state index in [1.807, 2.05) is 111 Å². The van der Waals surface area contributed by atoms with Crippen LogP contribution in [-0.4, -0.2) is 196 Å². The van der Waals surface area contributed by atoms with Gasteiger partial charge in [0.2, 0.25) is 17.7 Å². The number of amides is 5. The van der Waals surface area contributed by atoms with Gasteiger partial charge in [0.05, 0.1) is 18.0 Å². The van der Waals surface area contributed by atoms with E-state index in [4.69, 9.17) is 59.7 Å². The van der Waals surface area contributed by atoms with Crippen LogP contribution in [0.15, 0.2) is 138 Å². The third-order valence-electron chi connectivity index (χ3n) is 21.8. The second-order valence-corrected chi connectivity index (χ2v) is 32.4. The number of oxime groups is 2. The number of nitrogens with two attached hydrogens (primary N) is 1. The van der Waals surface area contributed by atoms with Crippen molar-refractivity contribution in [1.82, 2.24) is 44.4 Å². The summed E-state index contributed by atoms with van der Waals surface area (Å²) in [5.41, 5.74) is 13.1. The van der Waals surface area contributed by atoms with Crippen LogP contribution in [-0.2, 0) is 53.2 Å². The van der Waals surface area contributed by atoms with Crippen molar-refractivity contribution in [2.45, 2.75) is 149 Å². The summed E-state index contributed by atoms with van der Waals surface area (Å²) in [5.74, 6) is 4.05. The Kier molecular flexibility index (Phi) is 32.8. The highest BCUT2D eigenvalue weighted by Crippen LogP contribution is 2.33. The monoisotopic (exact) mass is 1590 g/mol. The Bertz CT molecular complexity index is 4080. The maximum atomic E-state index is 13.3. The zero-order valence-electron chi connectivity index (χ0n) is 65.7. The van der Waals surface area contributed by atoms with E-state index in [0.717, 1.165) is 222 Å². The molecule has 0 unspecified atom stereocenters. The Balaban J connectivity index is 0.000000179. The number of halogens is 3. The normalized spacial score (nSPS) is 18.0. The number of Topliss-reactive ketones (excluding diaryl/α,β-unsaturated/α-hetero) is 1. The number of benzene rings is 3. The second-order valence-electron chi connectivity index (χ2n) is 31.1. The Morgan fingerprint density at radius 1 is 0.446 bits per heavy atom. The molecular formula is C85H111Cl3N14O10. The van der Waals surface area contributed by atoms with Crippen LogP contribution in [0, 0.1) is 35.5 Å². The number of carbonyl (C=O) groups is 6. The Labute approximate surface area is 674 Å². The van der Waals surface area contributed by atoms with Gasteiger partial charge in [-0.1, -0.05) is 69.4 Å². The predicted molar refractivity (Wildman–Crippen MR) is 439 cm³/mol. The number of piperidine rings is 6. The molecule has 12 rings (SSSR count). The van der Waals surface area contributed by atoms with Gasteiger partial charge in [0, 0.05) is 122 Å². The van der Waals surface area contributed by atoms with E-state index in [9.17, 15) is 28.8 Å². The van der Waals surface area contributed by atoms with Crippen LogP contribution in [0.5, 0.6) is 0 Å². The molecule has 0 spiro atoms. The molecule has 6 aromatic rings. The zero-order chi connectivity index (χ0) is 79.5. The first-order chi connectivity index (χ1) is 54.0. The van der Waals surface area contributed by atoms with Crippen LogP contribution in [0.2, 0.25) is 15.1 Å². The summed E-state index contributed by atoms with van der Waals surface area (Å²) in [5, 5.41) is 15.9. The fourth-order valence-electron chi connectivity index (χ4n) is 15.7. The lowest BCUT2D eigenvalue weighted by Crippen LogP contribution is -2.45. The topological polar surface area (TPSA) is 272 Å². The second kappa shape index (κ2) is 42.9. The van der Waals surface area contributed by atoms with Crippen molar-refractivity contribution >= 4 is 99.4 Å². The molecule has 6 aliphatic heterocycles. The number of nitrogens with zero attached hydrogens (tertiary/aromatic N) is 11. The van der Waals surface area contributed by atoms with E-state index in [-0.39, 0.29) is 29.4 Å². The first-order valence-corrected chi connectivity index (χ1v) is 40.7. The molecule has 24 nitrogen and oxygen atoms in total. The number of carbonyl (C=O) groups excluding carboxylic acids is 6. The number of nitrogens with one attached hydrogen (secondary N) is 2. The van der Waals surface area contributed by atoms with Gasteiger partial charge >= 0.3 is 12.2 Å². The SMILES string of the molecule is CC(C)(C)OC(=O)Nc1cc(CN2CCC(C(=O)N3CCC(CC(=O)c4ccc(Cl)cc4)CC3)CC2)ccn1.CCOC(=O)Nc1cc(CN2CCC(C(=O)N3CCC(C/C(=N/OC)c4ccc(Cl)cc4)CC3)CC2)ccn1.CO/N=C(/CC1CCN(C(=O)C2CCN(Cc3ccnc(N)c3)CC2)CC1)c1ccc(Cl)cc1. The third kappa shape index (κ3) is 27.2. The van der Waals surface area contributed by atoms with Crippen LogP contribution in [0.25, 0.3) is 0 Å². The largest absolute Gasteiger partial charge is 0.450 e. The van der Waals surface area contributed by atoms with Gasteiger partial charge < -0.3 is 39.6 Å². The number of pyridine rings is 3. The molecule has 0 radical (unpaired) electrons. The number of ketones is 1. The molecule has 112 heavy (non-hydrogen) atoms. The van der Waals surface area contributed by atoms with Crippen molar-refractivity contribution < 1.29 is 47.9 Å². The third-order valence-corrected chi connectivity index (χ3v) is 22.6. The molecule has 6 saturated heterocycles. The van der Waals surface area contributed by atoms with E-state index < -0.39 is 17.8 Å². The van der Waals surface area contributed by atoms with Crippen molar-refractivity contribution in [2.24, 2.45) is 45.8 Å². The van der Waals surface area contributed by atoms with Gasteiger partial charge in [-0.2, -0.15) is 0 Å². The molecular weight excluding hydrogens is 1480 g/mol. The molecule has 3 aromatic carbocycles. The van der Waals surface area contributed by atoms with E-state index in [1.165, 1.54) is 5.56 Å². The average Bonchev–Trinajstić information content (AvgIpc) is 0.836. The lowest BCUT2D eigenvalue weighted by atomic mass is 9.88. The predicted octanol–water partition coefficient (Wildman–Crippen LogP) is 15.2. The van der Waals surface area contributed by atoms with Gasteiger partial charge in [-0.05, 0) is 287 Å². The summed E-state index contributed by atoms with van der Waals surface area (Å²) in [6.45, 7) is 19.9. The van der Waals surface area contributed by atoms with Gasteiger partial charge in [-0.25, -0.2) is 24.5 Å². The number of rotatable bonds is 23. The summed E-state index contributed by atoms with van der Waals surface area (Å²) in [6, 6.07) is 34.0. The minimum atomic E-state index is -0.573. The number of likely N-dealkylation sites (tertiary alicyclic amines) is 6. The Morgan fingerprint density at radius 3 is 1.12 bits per heavy atom. The maximum Gasteiger partial charge on any atom is 0.413 e. The molecule has 0 saturated carbocycles. The minimum absolute atomic E-state index is 0.0512. The van der Waals surface area contributed by atoms with Crippen LogP contribution < -0.4 is 16.4 Å². The standard InChI is InChI=1S/C30H39ClN4O4.C29H38ClN5O4.C26H34ClN5O2/c1-30(2,3)39-29(38)33-27-19-22(8-13-32-27)20-34-14-11-24(12-15-34)28(37)35-16-9-21(10-17-35)18-26(36)23-4-6-25(31)7-5-23;1-3-39-29(37)32-27-19-22(8-13-31-27)20-34-14-11-24(12-15-34)28(36)35-16-9-21(10-17-35)18-26(33-38-2)23-4-6-25(30)7-5-23;1-34-30-24(21-2-4-23(27)5-3-21)16-19-7-14-32(15-8-19)26(33)22-9-12-31(13-10-22)18-20-6-11-29-25(28)17-20/h4-8,13,19,21,24H,9-12,14-18,20H2,1-3H3,(H,32,33,38);4-8,13,19,21,24H,3,9-12,14-18,20H2,1-2H3,(H,31,32,37);2-6,11,17,19,22H,7-10,12-16,18H2,1H3,(H2,28,29)/b;33-26-;30-24-. The highest BCUT2D eigenvalue weighted by atomic mass is 35.5. The van der Waals surface area contributed by atoms with Crippen molar-refractivity contribution in [1.29, 1.82) is 0 Å². The van der Waals surface area contributed by atoms with Crippen LogP contribution in [0.1, 0.15) is 162 Å². The number of nitrogen functional groups attached to an aromatic ring is 1.